The molecule has 0 bridgehead atoms. The van der Waals surface area contributed by atoms with E-state index in [0.717, 1.165) is 49.6 Å². The maximum Gasteiger partial charge on any atom is 0.227 e. The molecule has 1 aromatic heterocycles. The highest BCUT2D eigenvalue weighted by Crippen LogP contribution is 2.21. The van der Waals surface area contributed by atoms with Gasteiger partial charge in [-0.25, -0.2) is 4.98 Å². The van der Waals surface area contributed by atoms with E-state index in [1.165, 1.54) is 5.56 Å². The summed E-state index contributed by atoms with van der Waals surface area (Å²) >= 11 is 0. The number of hydrogen-bond donors (Lipinski definition) is 1. The molecule has 3 aromatic rings. The van der Waals surface area contributed by atoms with Crippen LogP contribution < -0.4 is 23.0 Å². The molecule has 1 saturated heterocycles. The average Bonchev–Trinajstić information content (AvgIpc) is 2.69. The molecule has 0 aliphatic carbocycles. The van der Waals surface area contributed by atoms with E-state index in [4.69, 9.17) is 5.73 Å². The lowest BCUT2D eigenvalue weighted by Gasteiger charge is -2.34. The van der Waals surface area contributed by atoms with Crippen LogP contribution in [-0.4, -0.2) is 47.6 Å². The van der Waals surface area contributed by atoms with Gasteiger partial charge in [0.1, 0.15) is 5.82 Å². The number of fused-ring (bicyclic) bond motifs is 1. The minimum absolute atomic E-state index is 0. The van der Waals surface area contributed by atoms with Crippen molar-refractivity contribution in [1.82, 2.24) is 14.9 Å². The van der Waals surface area contributed by atoms with Gasteiger partial charge in [0.05, 0.1) is 5.52 Å². The molecule has 6 heteroatoms. The fourth-order valence-corrected chi connectivity index (χ4v) is 3.26. The van der Waals surface area contributed by atoms with Gasteiger partial charge in [0.15, 0.2) is 0 Å². The Morgan fingerprint density at radius 3 is 2.37 bits per heavy atom. The smallest absolute Gasteiger partial charge is 0.227 e. The molecule has 0 atom stereocenters. The summed E-state index contributed by atoms with van der Waals surface area (Å²) in [6.07, 6.45) is 4.41. The van der Waals surface area contributed by atoms with Gasteiger partial charge in [-0.2, -0.15) is 4.98 Å². The Hall–Kier alpha value is -2.63. The summed E-state index contributed by atoms with van der Waals surface area (Å²) in [5.41, 5.74) is 8.26. The van der Waals surface area contributed by atoms with E-state index in [0.29, 0.717) is 5.82 Å². The zero-order chi connectivity index (χ0) is 17.8. The molecule has 1 aliphatic heterocycles. The second-order valence-electron chi connectivity index (χ2n) is 6.53. The van der Waals surface area contributed by atoms with Crippen LogP contribution in [0.3, 0.4) is 0 Å². The largest absolute Gasteiger partial charge is 1.00 e. The summed E-state index contributed by atoms with van der Waals surface area (Å²) in [6, 6.07) is 18.3. The molecular formula is C21H23ClN5-. The summed E-state index contributed by atoms with van der Waals surface area (Å²) in [7, 11) is 0. The van der Waals surface area contributed by atoms with E-state index >= 15 is 0 Å². The van der Waals surface area contributed by atoms with Crippen LogP contribution in [0.5, 0.6) is 0 Å². The molecule has 27 heavy (non-hydrogen) atoms. The Labute approximate surface area is 165 Å². The normalized spacial score (nSPS) is 15.2. The van der Waals surface area contributed by atoms with Crippen molar-refractivity contribution in [2.45, 2.75) is 0 Å². The molecule has 0 spiro atoms. The van der Waals surface area contributed by atoms with Crippen molar-refractivity contribution in [3.8, 4) is 0 Å². The van der Waals surface area contributed by atoms with E-state index in [9.17, 15) is 0 Å². The van der Waals surface area contributed by atoms with Gasteiger partial charge < -0.3 is 23.0 Å². The fraction of sp³-hybridized carbons (Fsp3) is 0.238. The Kier molecular flexibility index (Phi) is 6.27. The van der Waals surface area contributed by atoms with Crippen molar-refractivity contribution in [3.05, 3.63) is 66.2 Å². The van der Waals surface area contributed by atoms with Gasteiger partial charge in [-0.05, 0) is 17.7 Å². The van der Waals surface area contributed by atoms with E-state index in [-0.39, 0.29) is 12.4 Å². The lowest BCUT2D eigenvalue weighted by Crippen LogP contribution is -3.00. The molecule has 0 radical (unpaired) electrons. The second-order valence-corrected chi connectivity index (χ2v) is 6.53. The monoisotopic (exact) mass is 380 g/mol. The van der Waals surface area contributed by atoms with Crippen LogP contribution in [0.1, 0.15) is 5.56 Å². The van der Waals surface area contributed by atoms with Crippen LogP contribution in [0.15, 0.2) is 60.7 Å². The molecule has 140 valence electrons. The van der Waals surface area contributed by atoms with E-state index in [1.807, 2.05) is 30.3 Å². The molecule has 2 N–H and O–H groups in total. The Balaban J connectivity index is 0.00000210. The maximum atomic E-state index is 6.11. The molecule has 0 amide bonds. The van der Waals surface area contributed by atoms with Gasteiger partial charge in [-0.3, -0.25) is 4.90 Å². The van der Waals surface area contributed by atoms with Crippen LogP contribution in [-0.2, 0) is 0 Å². The number of nitrogens with zero attached hydrogens (tertiary/aromatic N) is 4. The number of piperazine rings is 1. The summed E-state index contributed by atoms with van der Waals surface area (Å²) in [5, 5.41) is 0.918. The van der Waals surface area contributed by atoms with Gasteiger partial charge >= 0.3 is 0 Å². The maximum absolute atomic E-state index is 6.11. The van der Waals surface area contributed by atoms with Gasteiger partial charge in [-0.15, -0.1) is 0 Å². The Bertz CT molecular complexity index is 905. The van der Waals surface area contributed by atoms with Crippen molar-refractivity contribution in [3.63, 3.8) is 0 Å². The molecule has 5 nitrogen and oxygen atoms in total. The number of aromatic nitrogens is 2. The van der Waals surface area contributed by atoms with E-state index in [1.54, 1.807) is 0 Å². The minimum atomic E-state index is 0. The highest BCUT2D eigenvalue weighted by molar-refractivity contribution is 5.88. The van der Waals surface area contributed by atoms with Gasteiger partial charge in [-0.1, -0.05) is 54.6 Å². The first-order chi connectivity index (χ1) is 12.8. The second kappa shape index (κ2) is 8.84. The number of rotatable bonds is 4. The number of hydrogen-bond acceptors (Lipinski definition) is 5. The first-order valence-corrected chi connectivity index (χ1v) is 9.01. The SMILES string of the molecule is Nc1nc(N2CCN(C/C=C/c3ccccc3)CC2)nc2ccccc12.[Cl-]. The van der Waals surface area contributed by atoms with Gasteiger partial charge in [0.25, 0.3) is 0 Å². The quantitative estimate of drug-likeness (QED) is 0.693. The van der Waals surface area contributed by atoms with Crippen molar-refractivity contribution in [2.24, 2.45) is 0 Å². The molecule has 2 heterocycles. The third-order valence-corrected chi connectivity index (χ3v) is 4.75. The number of halogens is 1. The summed E-state index contributed by atoms with van der Waals surface area (Å²) in [6.45, 7) is 4.78. The fourth-order valence-electron chi connectivity index (χ4n) is 3.26. The first kappa shape index (κ1) is 19.1. The molecular weight excluding hydrogens is 358 g/mol. The zero-order valence-corrected chi connectivity index (χ0v) is 15.9. The van der Waals surface area contributed by atoms with Crippen LogP contribution in [0.2, 0.25) is 0 Å². The van der Waals surface area contributed by atoms with Gasteiger partial charge in [0.2, 0.25) is 5.95 Å². The predicted octanol–water partition coefficient (Wildman–Crippen LogP) is 0.0514. The zero-order valence-electron chi connectivity index (χ0n) is 15.1. The van der Waals surface area contributed by atoms with E-state index < -0.39 is 0 Å². The predicted molar refractivity (Wildman–Crippen MR) is 108 cm³/mol. The van der Waals surface area contributed by atoms with Crippen LogP contribution in [0.4, 0.5) is 11.8 Å². The summed E-state index contributed by atoms with van der Waals surface area (Å²) in [4.78, 5) is 13.9. The number of benzene rings is 2. The molecule has 1 fully saturated rings. The van der Waals surface area contributed by atoms with Crippen LogP contribution in [0.25, 0.3) is 17.0 Å². The lowest BCUT2D eigenvalue weighted by atomic mass is 10.2. The first-order valence-electron chi connectivity index (χ1n) is 9.01. The van der Waals surface area contributed by atoms with Crippen molar-refractivity contribution >= 4 is 28.7 Å². The van der Waals surface area contributed by atoms with E-state index in [2.05, 4.69) is 56.2 Å². The number of anilines is 2. The van der Waals surface area contributed by atoms with Crippen LogP contribution in [0, 0.1) is 0 Å². The number of nitrogen functional groups attached to an aromatic ring is 1. The minimum Gasteiger partial charge on any atom is -1.00 e. The molecule has 4 rings (SSSR count). The summed E-state index contributed by atoms with van der Waals surface area (Å²) < 4.78 is 0. The average molecular weight is 381 g/mol. The molecule has 2 aromatic carbocycles. The third kappa shape index (κ3) is 4.56. The van der Waals surface area contributed by atoms with Crippen molar-refractivity contribution in [1.29, 1.82) is 0 Å². The molecule has 0 saturated carbocycles. The topological polar surface area (TPSA) is 58.3 Å². The standard InChI is InChI=1S/C21H23N5.ClH/c22-20-18-10-4-5-11-19(18)23-21(24-20)26-15-13-25(14-16-26)12-6-9-17-7-2-1-3-8-17;/h1-11H,12-16H2,(H2,22,23,24);1H/p-1/b9-6+;. The van der Waals surface area contributed by atoms with Crippen molar-refractivity contribution in [2.75, 3.05) is 43.4 Å². The van der Waals surface area contributed by atoms with Crippen molar-refractivity contribution < 1.29 is 12.4 Å². The Morgan fingerprint density at radius 1 is 0.889 bits per heavy atom. The third-order valence-electron chi connectivity index (χ3n) is 4.75. The Morgan fingerprint density at radius 2 is 1.59 bits per heavy atom. The number of para-hydroxylation sites is 1. The molecule has 0 unspecified atom stereocenters. The number of nitrogens with two attached hydrogens (primary N) is 1. The van der Waals surface area contributed by atoms with Crippen LogP contribution >= 0.6 is 0 Å². The highest BCUT2D eigenvalue weighted by Gasteiger charge is 2.19. The molecule has 1 aliphatic rings. The lowest BCUT2D eigenvalue weighted by molar-refractivity contribution is -0.00000530. The van der Waals surface area contributed by atoms with Gasteiger partial charge in [0, 0.05) is 38.1 Å². The highest BCUT2D eigenvalue weighted by atomic mass is 35.5. The summed E-state index contributed by atoms with van der Waals surface area (Å²) in [5.74, 6) is 1.29.